The van der Waals surface area contributed by atoms with E-state index >= 15 is 0 Å². The van der Waals surface area contributed by atoms with Crippen LogP contribution in [0.5, 0.6) is 0 Å². The van der Waals surface area contributed by atoms with Crippen LogP contribution in [0, 0.1) is 12.3 Å². The molecular formula is C8H12N2O. The van der Waals surface area contributed by atoms with Gasteiger partial charge in [-0.05, 0) is 13.0 Å². The molecule has 3 nitrogen and oxygen atoms in total. The van der Waals surface area contributed by atoms with Crippen LogP contribution < -0.4 is 10.6 Å². The van der Waals surface area contributed by atoms with Gasteiger partial charge in [0.15, 0.2) is 0 Å². The van der Waals surface area contributed by atoms with Gasteiger partial charge in [0.2, 0.25) is 5.91 Å². The lowest BCUT2D eigenvalue weighted by Crippen LogP contribution is -2.35. The molecule has 0 unspecified atom stereocenters. The van der Waals surface area contributed by atoms with Crippen molar-refractivity contribution in [3.63, 3.8) is 0 Å². The summed E-state index contributed by atoms with van der Waals surface area (Å²) in [7, 11) is 0. The second-order valence-electron chi connectivity index (χ2n) is 2.64. The standard InChI is InChI=1S/C8H12N2O/c1-2-3-8(11)10-7-4-5-9-6-7/h1,7,9H,3-6H2,(H,10,11)/t7-/m0/s1. The van der Waals surface area contributed by atoms with Gasteiger partial charge in [-0.1, -0.05) is 5.92 Å². The Morgan fingerprint density at radius 3 is 3.18 bits per heavy atom. The molecule has 1 saturated heterocycles. The molecule has 11 heavy (non-hydrogen) atoms. The van der Waals surface area contributed by atoms with Crippen LogP contribution in [0.4, 0.5) is 0 Å². The first-order valence-corrected chi connectivity index (χ1v) is 3.76. The number of rotatable bonds is 2. The molecule has 1 fully saturated rings. The molecule has 0 aromatic carbocycles. The fourth-order valence-corrected chi connectivity index (χ4v) is 1.15. The molecule has 0 aromatic heterocycles. The molecule has 0 spiro atoms. The van der Waals surface area contributed by atoms with Gasteiger partial charge >= 0.3 is 0 Å². The van der Waals surface area contributed by atoms with E-state index in [0.29, 0.717) is 0 Å². The van der Waals surface area contributed by atoms with E-state index in [2.05, 4.69) is 16.6 Å². The van der Waals surface area contributed by atoms with E-state index in [0.717, 1.165) is 19.5 Å². The molecule has 0 aliphatic carbocycles. The van der Waals surface area contributed by atoms with Crippen LogP contribution >= 0.6 is 0 Å². The van der Waals surface area contributed by atoms with Gasteiger partial charge < -0.3 is 10.6 Å². The van der Waals surface area contributed by atoms with Crippen LogP contribution in [0.1, 0.15) is 12.8 Å². The van der Waals surface area contributed by atoms with E-state index in [4.69, 9.17) is 6.42 Å². The highest BCUT2D eigenvalue weighted by Gasteiger charge is 2.15. The first-order valence-electron chi connectivity index (χ1n) is 3.76. The molecule has 1 atom stereocenters. The quantitative estimate of drug-likeness (QED) is 0.523. The fraction of sp³-hybridized carbons (Fsp3) is 0.625. The van der Waals surface area contributed by atoms with Crippen molar-refractivity contribution in [3.05, 3.63) is 0 Å². The lowest BCUT2D eigenvalue weighted by molar-refractivity contribution is -0.120. The Bertz CT molecular complexity index is 177. The molecular weight excluding hydrogens is 140 g/mol. The minimum absolute atomic E-state index is 0.0406. The van der Waals surface area contributed by atoms with Crippen LogP contribution in [-0.2, 0) is 4.79 Å². The second-order valence-corrected chi connectivity index (χ2v) is 2.64. The summed E-state index contributed by atoms with van der Waals surface area (Å²) >= 11 is 0. The third kappa shape index (κ3) is 2.60. The van der Waals surface area contributed by atoms with E-state index in [9.17, 15) is 4.79 Å². The molecule has 2 N–H and O–H groups in total. The summed E-state index contributed by atoms with van der Waals surface area (Å²) in [6, 6.07) is 0.288. The maximum Gasteiger partial charge on any atom is 0.232 e. The van der Waals surface area contributed by atoms with Crippen molar-refractivity contribution in [2.75, 3.05) is 13.1 Å². The average molecular weight is 152 g/mol. The van der Waals surface area contributed by atoms with Gasteiger partial charge in [-0.3, -0.25) is 4.79 Å². The molecule has 1 aliphatic heterocycles. The van der Waals surface area contributed by atoms with Crippen molar-refractivity contribution in [2.24, 2.45) is 0 Å². The molecule has 1 aliphatic rings. The first-order chi connectivity index (χ1) is 5.33. The lowest BCUT2D eigenvalue weighted by Gasteiger charge is -2.08. The van der Waals surface area contributed by atoms with Gasteiger partial charge in [0.1, 0.15) is 0 Å². The highest BCUT2D eigenvalue weighted by atomic mass is 16.1. The largest absolute Gasteiger partial charge is 0.351 e. The Kier molecular flexibility index (Phi) is 2.94. The van der Waals surface area contributed by atoms with E-state index in [-0.39, 0.29) is 18.4 Å². The molecule has 0 bridgehead atoms. The van der Waals surface area contributed by atoms with Crippen LogP contribution in [0.3, 0.4) is 0 Å². The number of terminal acetylenes is 1. The van der Waals surface area contributed by atoms with Crippen LogP contribution in [0.25, 0.3) is 0 Å². The van der Waals surface area contributed by atoms with Crippen molar-refractivity contribution >= 4 is 5.91 Å². The summed E-state index contributed by atoms with van der Waals surface area (Å²) in [5.41, 5.74) is 0. The Hall–Kier alpha value is -1.01. The molecule has 1 heterocycles. The van der Waals surface area contributed by atoms with Gasteiger partial charge in [0.05, 0.1) is 6.42 Å². The molecule has 3 heteroatoms. The second kappa shape index (κ2) is 3.99. The van der Waals surface area contributed by atoms with E-state index in [1.165, 1.54) is 0 Å². The summed E-state index contributed by atoms with van der Waals surface area (Å²) < 4.78 is 0. The summed E-state index contributed by atoms with van der Waals surface area (Å²) in [4.78, 5) is 10.9. The Labute approximate surface area is 66.5 Å². The fourth-order valence-electron chi connectivity index (χ4n) is 1.15. The van der Waals surface area contributed by atoms with Crippen molar-refractivity contribution < 1.29 is 4.79 Å². The first kappa shape index (κ1) is 8.09. The topological polar surface area (TPSA) is 41.1 Å². The zero-order valence-corrected chi connectivity index (χ0v) is 6.39. The predicted molar refractivity (Wildman–Crippen MR) is 42.9 cm³/mol. The molecule has 0 saturated carbocycles. The van der Waals surface area contributed by atoms with Gasteiger partial charge in [0.25, 0.3) is 0 Å². The molecule has 1 rings (SSSR count). The zero-order valence-electron chi connectivity index (χ0n) is 6.39. The Balaban J connectivity index is 2.19. The highest BCUT2D eigenvalue weighted by Crippen LogP contribution is 1.96. The maximum atomic E-state index is 10.9. The van der Waals surface area contributed by atoms with Gasteiger partial charge in [0, 0.05) is 12.6 Å². The van der Waals surface area contributed by atoms with Gasteiger partial charge in [-0.25, -0.2) is 0 Å². The van der Waals surface area contributed by atoms with Crippen molar-refractivity contribution in [2.45, 2.75) is 18.9 Å². The molecule has 0 radical (unpaired) electrons. The number of nitrogens with one attached hydrogen (secondary N) is 2. The van der Waals surface area contributed by atoms with Crippen LogP contribution in [0.15, 0.2) is 0 Å². The van der Waals surface area contributed by atoms with Gasteiger partial charge in [-0.15, -0.1) is 6.42 Å². The van der Waals surface area contributed by atoms with Crippen molar-refractivity contribution in [1.29, 1.82) is 0 Å². The smallest absolute Gasteiger partial charge is 0.232 e. The van der Waals surface area contributed by atoms with E-state index in [1.54, 1.807) is 0 Å². The molecule has 60 valence electrons. The van der Waals surface area contributed by atoms with E-state index < -0.39 is 0 Å². The molecule has 1 amide bonds. The highest BCUT2D eigenvalue weighted by molar-refractivity contribution is 5.78. The van der Waals surface area contributed by atoms with Gasteiger partial charge in [-0.2, -0.15) is 0 Å². The summed E-state index contributed by atoms with van der Waals surface area (Å²) in [6.45, 7) is 1.86. The minimum Gasteiger partial charge on any atom is -0.351 e. The average Bonchev–Trinajstić information content (AvgIpc) is 2.40. The number of carbonyl (C=O) groups excluding carboxylic acids is 1. The number of carbonyl (C=O) groups is 1. The number of amides is 1. The van der Waals surface area contributed by atoms with Crippen LogP contribution in [-0.4, -0.2) is 25.0 Å². The maximum absolute atomic E-state index is 10.9. The summed E-state index contributed by atoms with van der Waals surface area (Å²) in [6.07, 6.45) is 6.18. The lowest BCUT2D eigenvalue weighted by atomic mass is 10.2. The minimum atomic E-state index is -0.0406. The predicted octanol–water partition coefficient (Wildman–Crippen LogP) is -0.512. The van der Waals surface area contributed by atoms with Crippen molar-refractivity contribution in [1.82, 2.24) is 10.6 Å². The number of hydrogen-bond donors (Lipinski definition) is 2. The van der Waals surface area contributed by atoms with Crippen LogP contribution in [0.2, 0.25) is 0 Å². The normalized spacial score (nSPS) is 22.6. The number of hydrogen-bond acceptors (Lipinski definition) is 2. The zero-order chi connectivity index (χ0) is 8.10. The third-order valence-corrected chi connectivity index (χ3v) is 1.69. The van der Waals surface area contributed by atoms with Crippen molar-refractivity contribution in [3.8, 4) is 12.3 Å². The Morgan fingerprint density at radius 1 is 1.82 bits per heavy atom. The molecule has 0 aromatic rings. The monoisotopic (exact) mass is 152 g/mol. The summed E-state index contributed by atoms with van der Waals surface area (Å²) in [5, 5.41) is 5.99. The third-order valence-electron chi connectivity index (χ3n) is 1.69. The van der Waals surface area contributed by atoms with E-state index in [1.807, 2.05) is 0 Å². The summed E-state index contributed by atoms with van der Waals surface area (Å²) in [5.74, 6) is 2.27. The Morgan fingerprint density at radius 2 is 2.64 bits per heavy atom. The SMILES string of the molecule is C#CCC(=O)N[C@H]1CCNC1.